The standard InChI is InChI=1S/C41H51N9O7/c1-4-27-30(19-42)28(5-2)32(29(6-3)31(27)20-43)21-45-37(52)35(48-40(54)56-23-25-13-9-7-10-14-25)22-46-36(51)33-17-18-34(47-33)38(53)49-39(44)50-41(55)57-24-26-15-11-8-12-16-26/h7-18,35,47H,4-6,19-24,42-43H2,1-3H3,(H,45,52)(H,46,51)(H,48,54)(H3,44,49,50,53,55)/t35-/m0/s1. The first-order valence-corrected chi connectivity index (χ1v) is 18.7. The van der Waals surface area contributed by atoms with Crippen LogP contribution in [0.5, 0.6) is 0 Å². The molecule has 0 bridgehead atoms. The highest BCUT2D eigenvalue weighted by molar-refractivity contribution is 6.07. The molecule has 0 saturated carbocycles. The van der Waals surface area contributed by atoms with Gasteiger partial charge in [0.25, 0.3) is 11.8 Å². The van der Waals surface area contributed by atoms with E-state index >= 15 is 0 Å². The number of carbonyl (C=O) groups is 5. The number of rotatable bonds is 17. The normalized spacial score (nSPS) is 11.6. The molecule has 0 aliphatic rings. The number of amides is 5. The third-order valence-electron chi connectivity index (χ3n) is 9.22. The molecule has 4 rings (SSSR count). The SMILES string of the molecule is CCc1c(CN)c(CC)c(CNC(=O)[C@H](CNC(=O)c2ccc(C(=O)N/C(N)=N/C(=O)OCc3ccccc3)[nH]2)NC(=O)OCc2ccccc2)c(CC)c1CN. The zero-order chi connectivity index (χ0) is 41.3. The summed E-state index contributed by atoms with van der Waals surface area (Å²) in [5.41, 5.74) is 25.7. The maximum absolute atomic E-state index is 13.8. The van der Waals surface area contributed by atoms with Crippen molar-refractivity contribution in [2.75, 3.05) is 6.54 Å². The third-order valence-corrected chi connectivity index (χ3v) is 9.22. The second kappa shape index (κ2) is 21.5. The second-order valence-corrected chi connectivity index (χ2v) is 12.8. The lowest BCUT2D eigenvalue weighted by Crippen LogP contribution is -2.52. The quantitative estimate of drug-likeness (QED) is 0.0573. The number of aromatic amines is 1. The van der Waals surface area contributed by atoms with Gasteiger partial charge in [0, 0.05) is 26.2 Å². The number of benzene rings is 3. The molecular weight excluding hydrogens is 731 g/mol. The molecule has 0 aliphatic carbocycles. The Morgan fingerprint density at radius 1 is 0.667 bits per heavy atom. The Hall–Kier alpha value is -6.52. The maximum Gasteiger partial charge on any atom is 0.437 e. The van der Waals surface area contributed by atoms with Gasteiger partial charge in [-0.1, -0.05) is 81.4 Å². The maximum atomic E-state index is 13.8. The first-order chi connectivity index (χ1) is 27.5. The molecule has 3 aromatic carbocycles. The molecule has 302 valence electrons. The number of alkyl carbamates (subject to hydrolysis) is 1. The van der Waals surface area contributed by atoms with E-state index in [1.165, 1.54) is 12.1 Å². The zero-order valence-corrected chi connectivity index (χ0v) is 32.4. The van der Waals surface area contributed by atoms with E-state index in [4.69, 9.17) is 26.7 Å². The van der Waals surface area contributed by atoms with Gasteiger partial charge in [0.05, 0.1) is 0 Å². The molecule has 57 heavy (non-hydrogen) atoms. The molecule has 16 nitrogen and oxygen atoms in total. The van der Waals surface area contributed by atoms with Crippen LogP contribution in [-0.4, -0.2) is 53.4 Å². The zero-order valence-electron chi connectivity index (χ0n) is 32.4. The third kappa shape index (κ3) is 12.0. The van der Waals surface area contributed by atoms with Gasteiger partial charge < -0.3 is 47.6 Å². The Kier molecular flexibility index (Phi) is 16.3. The van der Waals surface area contributed by atoms with Crippen LogP contribution in [0.2, 0.25) is 0 Å². The van der Waals surface area contributed by atoms with Crippen LogP contribution in [0.25, 0.3) is 0 Å². The van der Waals surface area contributed by atoms with Crippen LogP contribution in [-0.2, 0) is 66.4 Å². The molecule has 1 aromatic heterocycles. The van der Waals surface area contributed by atoms with Crippen molar-refractivity contribution in [1.29, 1.82) is 0 Å². The number of hydrogen-bond acceptors (Lipinski definition) is 9. The summed E-state index contributed by atoms with van der Waals surface area (Å²) in [4.78, 5) is 71.0. The van der Waals surface area contributed by atoms with E-state index in [9.17, 15) is 24.0 Å². The predicted octanol–water partition coefficient (Wildman–Crippen LogP) is 3.34. The van der Waals surface area contributed by atoms with Crippen molar-refractivity contribution in [2.24, 2.45) is 22.2 Å². The van der Waals surface area contributed by atoms with Crippen molar-refractivity contribution < 1.29 is 33.4 Å². The summed E-state index contributed by atoms with van der Waals surface area (Å²) in [7, 11) is 0. The largest absolute Gasteiger partial charge is 0.445 e. The lowest BCUT2D eigenvalue weighted by atomic mass is 9.83. The van der Waals surface area contributed by atoms with Gasteiger partial charge in [-0.15, -0.1) is 4.99 Å². The number of nitrogens with two attached hydrogens (primary N) is 3. The lowest BCUT2D eigenvalue weighted by Gasteiger charge is -2.26. The van der Waals surface area contributed by atoms with E-state index in [0.717, 1.165) is 50.9 Å². The minimum Gasteiger partial charge on any atom is -0.445 e. The molecule has 0 radical (unpaired) electrons. The number of carbonyl (C=O) groups excluding carboxylic acids is 5. The minimum atomic E-state index is -1.26. The summed E-state index contributed by atoms with van der Waals surface area (Å²) in [6, 6.07) is 19.3. The van der Waals surface area contributed by atoms with E-state index in [1.54, 1.807) is 48.5 Å². The van der Waals surface area contributed by atoms with Gasteiger partial charge in [-0.05, 0) is 75.9 Å². The lowest BCUT2D eigenvalue weighted by molar-refractivity contribution is -0.123. The average molecular weight is 782 g/mol. The van der Waals surface area contributed by atoms with Crippen molar-refractivity contribution >= 4 is 35.9 Å². The molecule has 0 fully saturated rings. The van der Waals surface area contributed by atoms with Crippen molar-refractivity contribution in [3.63, 3.8) is 0 Å². The number of nitrogens with one attached hydrogen (secondary N) is 5. The molecule has 16 heteroatoms. The van der Waals surface area contributed by atoms with Gasteiger partial charge in [-0.25, -0.2) is 9.59 Å². The molecule has 0 unspecified atom stereocenters. The Labute approximate surface area is 331 Å². The summed E-state index contributed by atoms with van der Waals surface area (Å²) in [5, 5.41) is 10.4. The Morgan fingerprint density at radius 3 is 1.70 bits per heavy atom. The molecule has 1 heterocycles. The Bertz CT molecular complexity index is 2020. The molecular formula is C41H51N9O7. The number of hydrogen-bond donors (Lipinski definition) is 8. The smallest absolute Gasteiger partial charge is 0.437 e. The van der Waals surface area contributed by atoms with Gasteiger partial charge in [-0.2, -0.15) is 0 Å². The summed E-state index contributed by atoms with van der Waals surface area (Å²) >= 11 is 0. The van der Waals surface area contributed by atoms with Crippen LogP contribution >= 0.6 is 0 Å². The number of ether oxygens (including phenoxy) is 2. The van der Waals surface area contributed by atoms with Crippen LogP contribution in [0.4, 0.5) is 9.59 Å². The van der Waals surface area contributed by atoms with Crippen LogP contribution < -0.4 is 38.5 Å². The highest BCUT2D eigenvalue weighted by atomic mass is 16.6. The van der Waals surface area contributed by atoms with Gasteiger partial charge in [0.1, 0.15) is 30.6 Å². The van der Waals surface area contributed by atoms with E-state index in [0.29, 0.717) is 25.9 Å². The van der Waals surface area contributed by atoms with Gasteiger partial charge in [-0.3, -0.25) is 19.7 Å². The second-order valence-electron chi connectivity index (χ2n) is 12.8. The molecule has 0 spiro atoms. The fourth-order valence-electron chi connectivity index (χ4n) is 6.51. The highest BCUT2D eigenvalue weighted by Gasteiger charge is 2.26. The van der Waals surface area contributed by atoms with Crippen LogP contribution in [0, 0.1) is 0 Å². The number of H-pyrrole nitrogens is 1. The number of aliphatic imine (C=N–C) groups is 1. The van der Waals surface area contributed by atoms with Gasteiger partial charge >= 0.3 is 12.2 Å². The van der Waals surface area contributed by atoms with Crippen LogP contribution in [0.15, 0.2) is 77.8 Å². The molecule has 5 amide bonds. The monoisotopic (exact) mass is 781 g/mol. The Morgan fingerprint density at radius 2 is 1.18 bits per heavy atom. The van der Waals surface area contributed by atoms with E-state index < -0.39 is 41.9 Å². The topological polar surface area (TPSA) is 258 Å². The predicted molar refractivity (Wildman–Crippen MR) is 215 cm³/mol. The molecule has 1 atom stereocenters. The van der Waals surface area contributed by atoms with Crippen LogP contribution in [0.3, 0.4) is 0 Å². The van der Waals surface area contributed by atoms with E-state index in [2.05, 4.69) is 38.2 Å². The molecule has 4 aromatic rings. The van der Waals surface area contributed by atoms with Gasteiger partial charge in [0.2, 0.25) is 11.9 Å². The van der Waals surface area contributed by atoms with Crippen molar-refractivity contribution in [3.05, 3.63) is 129 Å². The summed E-state index contributed by atoms with van der Waals surface area (Å²) in [6.07, 6.45) is 0.253. The number of aromatic nitrogens is 1. The fraction of sp³-hybridized carbons (Fsp3) is 0.317. The molecule has 0 aliphatic heterocycles. The van der Waals surface area contributed by atoms with Crippen molar-refractivity contribution in [3.8, 4) is 0 Å². The first kappa shape index (κ1) is 43.2. The molecule has 0 saturated heterocycles. The Balaban J connectivity index is 1.44. The number of guanidine groups is 1. The van der Waals surface area contributed by atoms with Crippen molar-refractivity contribution in [2.45, 2.75) is 78.9 Å². The summed E-state index contributed by atoms with van der Waals surface area (Å²) in [6.45, 7) is 6.49. The van der Waals surface area contributed by atoms with Crippen LogP contribution in [0.1, 0.15) is 86.3 Å². The molecule has 11 N–H and O–H groups in total. The fourth-order valence-corrected chi connectivity index (χ4v) is 6.51. The highest BCUT2D eigenvalue weighted by Crippen LogP contribution is 2.30. The van der Waals surface area contributed by atoms with Crippen molar-refractivity contribution in [1.82, 2.24) is 26.3 Å². The summed E-state index contributed by atoms with van der Waals surface area (Å²) < 4.78 is 10.4. The minimum absolute atomic E-state index is 0.0376. The number of nitrogens with zero attached hydrogens (tertiary/aromatic N) is 1. The van der Waals surface area contributed by atoms with E-state index in [1.807, 2.05) is 26.0 Å². The summed E-state index contributed by atoms with van der Waals surface area (Å²) in [5.74, 6) is -2.57. The van der Waals surface area contributed by atoms with Gasteiger partial charge in [0.15, 0.2) is 0 Å². The van der Waals surface area contributed by atoms with E-state index in [-0.39, 0.29) is 37.7 Å². The average Bonchev–Trinajstić information content (AvgIpc) is 3.73. The first-order valence-electron chi connectivity index (χ1n) is 18.7.